The third-order valence-corrected chi connectivity index (χ3v) is 3.55. The molecule has 20 heavy (non-hydrogen) atoms. The van der Waals surface area contributed by atoms with Gasteiger partial charge < -0.3 is 9.84 Å². The van der Waals surface area contributed by atoms with Crippen molar-refractivity contribution in [2.45, 2.75) is 31.4 Å². The van der Waals surface area contributed by atoms with Gasteiger partial charge in [0.25, 0.3) is 0 Å². The number of carbonyl (C=O) groups is 1. The van der Waals surface area contributed by atoms with Gasteiger partial charge in [0, 0.05) is 5.92 Å². The van der Waals surface area contributed by atoms with Gasteiger partial charge in [-0.15, -0.1) is 0 Å². The number of alkyl halides is 3. The fourth-order valence-corrected chi connectivity index (χ4v) is 2.41. The van der Waals surface area contributed by atoms with Gasteiger partial charge in [-0.05, 0) is 36.5 Å². The van der Waals surface area contributed by atoms with Crippen LogP contribution in [0.25, 0.3) is 0 Å². The van der Waals surface area contributed by atoms with E-state index in [9.17, 15) is 18.0 Å². The highest BCUT2D eigenvalue weighted by atomic mass is 19.4. The first-order chi connectivity index (χ1) is 9.32. The number of halogens is 3. The number of hydrogen-bond acceptors (Lipinski definition) is 2. The summed E-state index contributed by atoms with van der Waals surface area (Å²) in [6.45, 7) is 0. The molecule has 3 nitrogen and oxygen atoms in total. The van der Waals surface area contributed by atoms with Gasteiger partial charge in [0.1, 0.15) is 5.75 Å². The normalized spacial score (nSPS) is 16.8. The molecular weight excluding hydrogens is 273 g/mol. The molecule has 1 aromatic rings. The molecule has 0 aromatic heterocycles. The number of carboxylic acids is 1. The van der Waals surface area contributed by atoms with Crippen LogP contribution in [0.1, 0.15) is 36.3 Å². The van der Waals surface area contributed by atoms with Crippen molar-refractivity contribution in [2.24, 2.45) is 5.92 Å². The zero-order valence-electron chi connectivity index (χ0n) is 10.9. The number of carboxylic acid groups (broad SMARTS) is 1. The Morgan fingerprint density at radius 2 is 2.10 bits per heavy atom. The minimum Gasteiger partial charge on any atom is -0.496 e. The predicted molar refractivity (Wildman–Crippen MR) is 65.7 cm³/mol. The first-order valence-electron chi connectivity index (χ1n) is 6.30. The first-order valence-corrected chi connectivity index (χ1v) is 6.30. The maximum absolute atomic E-state index is 12.7. The van der Waals surface area contributed by atoms with E-state index in [-0.39, 0.29) is 24.0 Å². The summed E-state index contributed by atoms with van der Waals surface area (Å²) in [5.74, 6) is -0.914. The maximum Gasteiger partial charge on any atom is 0.416 e. The number of ether oxygens (including phenoxy) is 1. The van der Waals surface area contributed by atoms with Crippen molar-refractivity contribution >= 4 is 5.97 Å². The summed E-state index contributed by atoms with van der Waals surface area (Å²) < 4.78 is 43.0. The van der Waals surface area contributed by atoms with Gasteiger partial charge >= 0.3 is 12.1 Å². The molecule has 0 spiro atoms. The van der Waals surface area contributed by atoms with E-state index in [1.807, 2.05) is 0 Å². The summed E-state index contributed by atoms with van der Waals surface area (Å²) in [5.41, 5.74) is -0.242. The van der Waals surface area contributed by atoms with E-state index in [0.29, 0.717) is 5.56 Å². The largest absolute Gasteiger partial charge is 0.496 e. The van der Waals surface area contributed by atoms with Crippen molar-refractivity contribution in [1.29, 1.82) is 0 Å². The molecule has 0 radical (unpaired) electrons. The molecule has 1 saturated carbocycles. The fourth-order valence-electron chi connectivity index (χ4n) is 2.41. The molecule has 0 aliphatic heterocycles. The van der Waals surface area contributed by atoms with E-state index in [0.717, 1.165) is 25.0 Å². The lowest BCUT2D eigenvalue weighted by Crippen LogP contribution is -2.11. The number of rotatable bonds is 5. The summed E-state index contributed by atoms with van der Waals surface area (Å²) >= 11 is 0. The van der Waals surface area contributed by atoms with Crippen molar-refractivity contribution < 1.29 is 27.8 Å². The fraction of sp³-hybridized carbons (Fsp3) is 0.500. The zero-order chi connectivity index (χ0) is 14.9. The SMILES string of the molecule is COc1cc(C(F)(F)F)ccc1C(CC(=O)O)C1CC1. The van der Waals surface area contributed by atoms with E-state index in [4.69, 9.17) is 9.84 Å². The molecule has 0 bridgehead atoms. The van der Waals surface area contributed by atoms with Crippen LogP contribution in [0.2, 0.25) is 0 Å². The molecule has 1 fully saturated rings. The predicted octanol–water partition coefficient (Wildman–Crippen LogP) is 3.68. The molecular formula is C14H15F3O3. The van der Waals surface area contributed by atoms with Gasteiger partial charge in [-0.25, -0.2) is 0 Å². The lowest BCUT2D eigenvalue weighted by atomic mass is 9.89. The van der Waals surface area contributed by atoms with Crippen LogP contribution >= 0.6 is 0 Å². The molecule has 0 amide bonds. The molecule has 1 aromatic carbocycles. The van der Waals surface area contributed by atoms with Crippen molar-refractivity contribution in [3.05, 3.63) is 29.3 Å². The summed E-state index contributed by atoms with van der Waals surface area (Å²) in [5, 5.41) is 8.95. The van der Waals surface area contributed by atoms with Crippen LogP contribution in [-0.2, 0) is 11.0 Å². The minimum atomic E-state index is -4.44. The molecule has 1 aliphatic rings. The van der Waals surface area contributed by atoms with Gasteiger partial charge in [0.05, 0.1) is 19.1 Å². The van der Waals surface area contributed by atoms with Crippen LogP contribution in [-0.4, -0.2) is 18.2 Å². The Kier molecular flexibility index (Phi) is 3.92. The smallest absolute Gasteiger partial charge is 0.416 e. The second-order valence-corrected chi connectivity index (χ2v) is 5.00. The van der Waals surface area contributed by atoms with E-state index in [1.165, 1.54) is 13.2 Å². The Bertz CT molecular complexity index is 507. The third kappa shape index (κ3) is 3.23. The maximum atomic E-state index is 12.7. The molecule has 1 N–H and O–H groups in total. The number of methoxy groups -OCH3 is 1. The van der Waals surface area contributed by atoms with Crippen molar-refractivity contribution in [3.63, 3.8) is 0 Å². The second kappa shape index (κ2) is 5.34. The highest BCUT2D eigenvalue weighted by Crippen LogP contribution is 2.47. The molecule has 1 atom stereocenters. The number of hydrogen-bond donors (Lipinski definition) is 1. The standard InChI is InChI=1S/C14H15F3O3/c1-20-12-6-9(14(15,16)17)4-5-10(12)11(7-13(18)19)8-2-3-8/h4-6,8,11H,2-3,7H2,1H3,(H,18,19). The highest BCUT2D eigenvalue weighted by Gasteiger charge is 2.37. The molecule has 1 unspecified atom stereocenters. The van der Waals surface area contributed by atoms with Crippen molar-refractivity contribution in [3.8, 4) is 5.75 Å². The van der Waals surface area contributed by atoms with E-state index in [2.05, 4.69) is 0 Å². The third-order valence-electron chi connectivity index (χ3n) is 3.55. The Morgan fingerprint density at radius 1 is 1.45 bits per heavy atom. The molecule has 1 aliphatic carbocycles. The average Bonchev–Trinajstić information content (AvgIpc) is 3.18. The first kappa shape index (κ1) is 14.7. The topological polar surface area (TPSA) is 46.5 Å². The average molecular weight is 288 g/mol. The quantitative estimate of drug-likeness (QED) is 0.899. The molecule has 2 rings (SSSR count). The van der Waals surface area contributed by atoms with Gasteiger partial charge in [-0.1, -0.05) is 6.07 Å². The van der Waals surface area contributed by atoms with E-state index < -0.39 is 17.7 Å². The van der Waals surface area contributed by atoms with Crippen LogP contribution in [0.4, 0.5) is 13.2 Å². The lowest BCUT2D eigenvalue weighted by Gasteiger charge is -2.19. The Hall–Kier alpha value is -1.72. The summed E-state index contributed by atoms with van der Waals surface area (Å²) in [6.07, 6.45) is -2.72. The Morgan fingerprint density at radius 3 is 2.55 bits per heavy atom. The van der Waals surface area contributed by atoms with Crippen molar-refractivity contribution in [1.82, 2.24) is 0 Å². The molecule has 110 valence electrons. The highest BCUT2D eigenvalue weighted by molar-refractivity contribution is 5.68. The van der Waals surface area contributed by atoms with Gasteiger partial charge in [0.2, 0.25) is 0 Å². The van der Waals surface area contributed by atoms with Crippen LogP contribution in [0.3, 0.4) is 0 Å². The monoisotopic (exact) mass is 288 g/mol. The van der Waals surface area contributed by atoms with Crippen LogP contribution in [0.15, 0.2) is 18.2 Å². The van der Waals surface area contributed by atoms with Gasteiger partial charge in [-0.3, -0.25) is 4.79 Å². The Labute approximate surface area is 114 Å². The number of aliphatic carboxylic acids is 1. The second-order valence-electron chi connectivity index (χ2n) is 5.00. The van der Waals surface area contributed by atoms with Crippen molar-refractivity contribution in [2.75, 3.05) is 7.11 Å². The lowest BCUT2D eigenvalue weighted by molar-refractivity contribution is -0.138. The summed E-state index contributed by atoms with van der Waals surface area (Å²) in [4.78, 5) is 10.9. The van der Waals surface area contributed by atoms with Gasteiger partial charge in [0.15, 0.2) is 0 Å². The van der Waals surface area contributed by atoms with Crippen LogP contribution < -0.4 is 4.74 Å². The molecule has 6 heteroatoms. The van der Waals surface area contributed by atoms with Gasteiger partial charge in [-0.2, -0.15) is 13.2 Å². The zero-order valence-corrected chi connectivity index (χ0v) is 10.9. The number of benzene rings is 1. The van der Waals surface area contributed by atoms with Crippen LogP contribution in [0, 0.1) is 5.92 Å². The van der Waals surface area contributed by atoms with Crippen LogP contribution in [0.5, 0.6) is 5.75 Å². The van der Waals surface area contributed by atoms with E-state index in [1.54, 1.807) is 0 Å². The molecule has 0 saturated heterocycles. The molecule has 0 heterocycles. The summed E-state index contributed by atoms with van der Waals surface area (Å²) in [6, 6.07) is 3.26. The van der Waals surface area contributed by atoms with E-state index >= 15 is 0 Å². The Balaban J connectivity index is 2.36. The summed E-state index contributed by atoms with van der Waals surface area (Å²) in [7, 11) is 1.30. The minimum absolute atomic E-state index is 0.0909.